The number of rotatable bonds is 8. The molecule has 1 fully saturated rings. The third-order valence-corrected chi connectivity index (χ3v) is 8.51. The van der Waals surface area contributed by atoms with Crippen LogP contribution >= 0.6 is 11.3 Å². The number of fused-ring (bicyclic) bond motifs is 1. The van der Waals surface area contributed by atoms with E-state index in [4.69, 9.17) is 9.47 Å². The summed E-state index contributed by atoms with van der Waals surface area (Å²) >= 11 is 1.26. The second-order valence-corrected chi connectivity index (χ2v) is 10.8. The molecule has 9 nitrogen and oxygen atoms in total. The zero-order valence-electron chi connectivity index (χ0n) is 19.6. The number of carbonyl (C=O) groups is 2. The van der Waals surface area contributed by atoms with Gasteiger partial charge in [-0.05, 0) is 63.1 Å². The summed E-state index contributed by atoms with van der Waals surface area (Å²) in [6, 6.07) is 11.3. The fraction of sp³-hybridized carbons (Fsp3) is 0.375. The summed E-state index contributed by atoms with van der Waals surface area (Å²) in [7, 11) is -3.57. The zero-order valence-corrected chi connectivity index (χ0v) is 21.2. The minimum absolute atomic E-state index is 0.128. The van der Waals surface area contributed by atoms with E-state index >= 15 is 0 Å². The van der Waals surface area contributed by atoms with Gasteiger partial charge in [-0.25, -0.2) is 8.42 Å². The fourth-order valence-electron chi connectivity index (χ4n) is 3.94. The number of thiazole rings is 1. The Morgan fingerprint density at radius 1 is 1.03 bits per heavy atom. The molecule has 1 aromatic heterocycles. The van der Waals surface area contributed by atoms with E-state index < -0.39 is 21.9 Å². The molecule has 0 saturated carbocycles. The molecule has 4 rings (SSSR count). The maximum Gasteiger partial charge on any atom is 0.326 e. The van der Waals surface area contributed by atoms with Crippen LogP contribution in [-0.4, -0.2) is 55.5 Å². The van der Waals surface area contributed by atoms with Gasteiger partial charge in [0.15, 0.2) is 4.80 Å². The Balaban J connectivity index is 1.71. The van der Waals surface area contributed by atoms with Gasteiger partial charge in [-0.1, -0.05) is 17.4 Å². The van der Waals surface area contributed by atoms with Crippen molar-refractivity contribution in [3.63, 3.8) is 0 Å². The minimum Gasteiger partial charge on any atom is -0.492 e. The number of sulfonamides is 1. The average molecular weight is 518 g/mol. The van der Waals surface area contributed by atoms with Gasteiger partial charge in [-0.2, -0.15) is 9.30 Å². The molecule has 35 heavy (non-hydrogen) atoms. The smallest absolute Gasteiger partial charge is 0.326 e. The number of amides is 1. The highest BCUT2D eigenvalue weighted by Gasteiger charge is 2.27. The van der Waals surface area contributed by atoms with E-state index in [2.05, 4.69) is 4.99 Å². The van der Waals surface area contributed by atoms with Gasteiger partial charge < -0.3 is 14.0 Å². The van der Waals surface area contributed by atoms with Gasteiger partial charge in [-0.3, -0.25) is 9.59 Å². The molecule has 3 aromatic rings. The first-order valence-electron chi connectivity index (χ1n) is 11.4. The van der Waals surface area contributed by atoms with Gasteiger partial charge in [0.1, 0.15) is 17.8 Å². The Kier molecular flexibility index (Phi) is 7.68. The molecule has 0 atom stereocenters. The zero-order chi connectivity index (χ0) is 25.0. The number of nitrogens with zero attached hydrogens (tertiary/aromatic N) is 3. The molecular formula is C24H27N3O6S2. The summed E-state index contributed by atoms with van der Waals surface area (Å²) in [6.07, 6.45) is 1.70. The van der Waals surface area contributed by atoms with Crippen LogP contribution in [0.1, 0.15) is 37.0 Å². The molecule has 2 aromatic carbocycles. The van der Waals surface area contributed by atoms with Crippen molar-refractivity contribution in [1.29, 1.82) is 0 Å². The van der Waals surface area contributed by atoms with Crippen molar-refractivity contribution in [2.75, 3.05) is 26.3 Å². The van der Waals surface area contributed by atoms with Gasteiger partial charge in [0.2, 0.25) is 10.0 Å². The van der Waals surface area contributed by atoms with Crippen molar-refractivity contribution in [3.05, 3.63) is 52.8 Å². The summed E-state index contributed by atoms with van der Waals surface area (Å²) in [5, 5.41) is 0. The summed E-state index contributed by atoms with van der Waals surface area (Å²) in [4.78, 5) is 30.0. The molecule has 0 spiro atoms. The molecule has 0 aliphatic carbocycles. The van der Waals surface area contributed by atoms with E-state index in [1.165, 1.54) is 39.9 Å². The number of esters is 1. The molecule has 11 heteroatoms. The summed E-state index contributed by atoms with van der Waals surface area (Å²) in [5.41, 5.74) is 0.904. The maximum atomic E-state index is 13.0. The Morgan fingerprint density at radius 2 is 1.74 bits per heavy atom. The third kappa shape index (κ3) is 5.31. The monoisotopic (exact) mass is 517 g/mol. The Bertz CT molecular complexity index is 1400. The average Bonchev–Trinajstić information content (AvgIpc) is 3.49. The van der Waals surface area contributed by atoms with Crippen LogP contribution < -0.4 is 9.54 Å². The van der Waals surface area contributed by atoms with Crippen molar-refractivity contribution in [2.45, 2.75) is 38.1 Å². The summed E-state index contributed by atoms with van der Waals surface area (Å²) < 4.78 is 40.2. The van der Waals surface area contributed by atoms with Crippen LogP contribution in [0.5, 0.6) is 5.75 Å². The van der Waals surface area contributed by atoms with Crippen molar-refractivity contribution in [1.82, 2.24) is 8.87 Å². The van der Waals surface area contributed by atoms with Crippen LogP contribution in [0.4, 0.5) is 0 Å². The lowest BCUT2D eigenvalue weighted by Gasteiger charge is -2.15. The van der Waals surface area contributed by atoms with Gasteiger partial charge >= 0.3 is 5.97 Å². The first-order chi connectivity index (χ1) is 16.8. The standard InChI is InChI=1S/C24H27N3O6S2/c1-3-32-19-8-7-9-20-22(19)27(16-21(28)33-4-2)24(34-20)25-23(29)17-10-12-18(13-11-17)35(30,31)26-14-5-6-15-26/h7-13H,3-6,14-16H2,1-2H3. The maximum absolute atomic E-state index is 13.0. The van der Waals surface area contributed by atoms with E-state index in [1.54, 1.807) is 17.6 Å². The lowest BCUT2D eigenvalue weighted by atomic mass is 10.2. The van der Waals surface area contributed by atoms with Gasteiger partial charge in [0.25, 0.3) is 5.91 Å². The highest BCUT2D eigenvalue weighted by Crippen LogP contribution is 2.28. The number of benzene rings is 2. The molecule has 2 heterocycles. The third-order valence-electron chi connectivity index (χ3n) is 5.56. The van der Waals surface area contributed by atoms with Crippen LogP contribution in [0.3, 0.4) is 0 Å². The van der Waals surface area contributed by atoms with Crippen molar-refractivity contribution in [2.24, 2.45) is 4.99 Å². The van der Waals surface area contributed by atoms with Gasteiger partial charge in [0, 0.05) is 18.7 Å². The number of ether oxygens (including phenoxy) is 2. The molecule has 1 amide bonds. The number of aromatic nitrogens is 1. The number of hydrogen-bond acceptors (Lipinski definition) is 7. The normalized spacial score (nSPS) is 15.0. The van der Waals surface area contributed by atoms with Crippen molar-refractivity contribution in [3.8, 4) is 5.75 Å². The molecule has 0 bridgehead atoms. The highest BCUT2D eigenvalue weighted by molar-refractivity contribution is 7.89. The Morgan fingerprint density at radius 3 is 2.40 bits per heavy atom. The van der Waals surface area contributed by atoms with Crippen LogP contribution in [0.2, 0.25) is 0 Å². The lowest BCUT2D eigenvalue weighted by Crippen LogP contribution is -2.27. The molecule has 1 saturated heterocycles. The van der Waals surface area contributed by atoms with Crippen LogP contribution in [0.15, 0.2) is 52.4 Å². The van der Waals surface area contributed by atoms with Crippen molar-refractivity contribution >= 4 is 43.5 Å². The number of para-hydroxylation sites is 1. The van der Waals surface area contributed by atoms with E-state index in [0.717, 1.165) is 17.5 Å². The Labute approximate surface area is 207 Å². The van der Waals surface area contributed by atoms with Crippen LogP contribution in [-0.2, 0) is 26.1 Å². The molecule has 1 aliphatic heterocycles. The van der Waals surface area contributed by atoms with E-state index in [-0.39, 0.29) is 23.6 Å². The highest BCUT2D eigenvalue weighted by atomic mass is 32.2. The molecule has 186 valence electrons. The van der Waals surface area contributed by atoms with E-state index in [0.29, 0.717) is 35.8 Å². The van der Waals surface area contributed by atoms with Gasteiger partial charge in [-0.15, -0.1) is 0 Å². The van der Waals surface area contributed by atoms with E-state index in [1.807, 2.05) is 19.1 Å². The summed E-state index contributed by atoms with van der Waals surface area (Å²) in [5.74, 6) is -0.419. The first kappa shape index (κ1) is 25.1. The SMILES string of the molecule is CCOC(=O)Cn1c(=NC(=O)c2ccc(S(=O)(=O)N3CCCC3)cc2)sc2cccc(OCC)c21. The quantitative estimate of drug-likeness (QED) is 0.425. The second-order valence-electron chi connectivity index (χ2n) is 7.86. The number of carbonyl (C=O) groups excluding carboxylic acids is 2. The van der Waals surface area contributed by atoms with Gasteiger partial charge in [0.05, 0.1) is 22.8 Å². The Hall–Kier alpha value is -3.02. The number of hydrogen-bond donors (Lipinski definition) is 0. The van der Waals surface area contributed by atoms with E-state index in [9.17, 15) is 18.0 Å². The first-order valence-corrected chi connectivity index (χ1v) is 13.7. The second kappa shape index (κ2) is 10.7. The topological polar surface area (TPSA) is 107 Å². The van der Waals surface area contributed by atoms with Crippen molar-refractivity contribution < 1.29 is 27.5 Å². The molecule has 0 radical (unpaired) electrons. The molecule has 0 N–H and O–H groups in total. The molecular weight excluding hydrogens is 490 g/mol. The molecule has 1 aliphatic rings. The van der Waals surface area contributed by atoms with Crippen LogP contribution in [0.25, 0.3) is 10.2 Å². The largest absolute Gasteiger partial charge is 0.492 e. The minimum atomic E-state index is -3.57. The molecule has 0 unspecified atom stereocenters. The lowest BCUT2D eigenvalue weighted by molar-refractivity contribution is -0.143. The predicted octanol–water partition coefficient (Wildman–Crippen LogP) is 3.19. The fourth-order valence-corrected chi connectivity index (χ4v) is 6.50. The predicted molar refractivity (Wildman–Crippen MR) is 132 cm³/mol. The summed E-state index contributed by atoms with van der Waals surface area (Å²) in [6.45, 7) is 5.15. The van der Waals surface area contributed by atoms with Crippen LogP contribution in [0, 0.1) is 0 Å².